The number of anilines is 1. The zero-order valence-corrected chi connectivity index (χ0v) is 13.4. The predicted octanol–water partition coefficient (Wildman–Crippen LogP) is 3.67. The predicted molar refractivity (Wildman–Crippen MR) is 91.0 cm³/mol. The van der Waals surface area contributed by atoms with Crippen molar-refractivity contribution in [1.29, 1.82) is 0 Å². The fourth-order valence-corrected chi connectivity index (χ4v) is 2.45. The average molecular weight is 332 g/mol. The number of ether oxygens (including phenoxy) is 1. The van der Waals surface area contributed by atoms with Crippen molar-refractivity contribution in [3.05, 3.63) is 41.8 Å². The Bertz CT molecular complexity index is 761. The molecule has 7 heteroatoms. The van der Waals surface area contributed by atoms with Gasteiger partial charge in [0.1, 0.15) is 17.9 Å². The maximum atomic E-state index is 6.04. The highest BCUT2D eigenvalue weighted by Crippen LogP contribution is 2.23. The zero-order chi connectivity index (χ0) is 15.9. The van der Waals surface area contributed by atoms with E-state index in [0.717, 1.165) is 48.4 Å². The standard InChI is InChI=1S/C16H18ClN5O/c17-13-6-2-3-7-14(13)23-9-5-1-4-8-18-15-12-10-21-22-16(12)20-11-19-15/h2-3,6-7,10-11H,1,4-5,8-9H2,(H2,18,19,20,21,22). The second kappa shape index (κ2) is 7.78. The molecule has 0 aliphatic heterocycles. The highest BCUT2D eigenvalue weighted by Gasteiger charge is 2.04. The van der Waals surface area contributed by atoms with Gasteiger partial charge in [-0.3, -0.25) is 5.10 Å². The maximum Gasteiger partial charge on any atom is 0.160 e. The molecule has 0 unspecified atom stereocenters. The van der Waals surface area contributed by atoms with Crippen molar-refractivity contribution in [2.24, 2.45) is 0 Å². The first-order chi connectivity index (χ1) is 11.3. The molecule has 0 fully saturated rings. The summed E-state index contributed by atoms with van der Waals surface area (Å²) in [5, 5.41) is 11.7. The molecule has 0 bridgehead atoms. The molecule has 1 aromatic carbocycles. The molecule has 23 heavy (non-hydrogen) atoms. The summed E-state index contributed by atoms with van der Waals surface area (Å²) in [7, 11) is 0. The average Bonchev–Trinajstić information content (AvgIpc) is 3.05. The van der Waals surface area contributed by atoms with Crippen LogP contribution < -0.4 is 10.1 Å². The van der Waals surface area contributed by atoms with Crippen LogP contribution in [0.4, 0.5) is 5.82 Å². The van der Waals surface area contributed by atoms with E-state index < -0.39 is 0 Å². The van der Waals surface area contributed by atoms with E-state index in [4.69, 9.17) is 16.3 Å². The van der Waals surface area contributed by atoms with E-state index in [2.05, 4.69) is 25.5 Å². The van der Waals surface area contributed by atoms with Gasteiger partial charge in [0.25, 0.3) is 0 Å². The van der Waals surface area contributed by atoms with E-state index in [9.17, 15) is 0 Å². The minimum Gasteiger partial charge on any atom is -0.492 e. The topological polar surface area (TPSA) is 75.7 Å². The van der Waals surface area contributed by atoms with Crippen molar-refractivity contribution in [3.8, 4) is 5.75 Å². The van der Waals surface area contributed by atoms with E-state index in [-0.39, 0.29) is 0 Å². The van der Waals surface area contributed by atoms with Gasteiger partial charge in [0.05, 0.1) is 23.2 Å². The summed E-state index contributed by atoms with van der Waals surface area (Å²) in [6.07, 6.45) is 6.35. The maximum absolute atomic E-state index is 6.04. The number of aromatic amines is 1. The molecule has 0 amide bonds. The first-order valence-corrected chi connectivity index (χ1v) is 7.97. The molecule has 0 aliphatic rings. The third kappa shape index (κ3) is 4.10. The zero-order valence-electron chi connectivity index (χ0n) is 12.6. The Balaban J connectivity index is 1.35. The van der Waals surface area contributed by atoms with Crippen molar-refractivity contribution < 1.29 is 4.74 Å². The summed E-state index contributed by atoms with van der Waals surface area (Å²) in [6.45, 7) is 1.52. The van der Waals surface area contributed by atoms with Crippen LogP contribution in [-0.4, -0.2) is 33.3 Å². The van der Waals surface area contributed by atoms with E-state index >= 15 is 0 Å². The van der Waals surface area contributed by atoms with Crippen molar-refractivity contribution in [2.75, 3.05) is 18.5 Å². The number of benzene rings is 1. The fourth-order valence-electron chi connectivity index (χ4n) is 2.26. The number of rotatable bonds is 8. The number of hydrogen-bond donors (Lipinski definition) is 2. The minimum absolute atomic E-state index is 0.655. The Morgan fingerprint density at radius 1 is 1.13 bits per heavy atom. The molecule has 0 aliphatic carbocycles. The molecule has 2 N–H and O–H groups in total. The summed E-state index contributed by atoms with van der Waals surface area (Å²) in [4.78, 5) is 8.35. The van der Waals surface area contributed by atoms with Crippen molar-refractivity contribution in [2.45, 2.75) is 19.3 Å². The van der Waals surface area contributed by atoms with Gasteiger partial charge >= 0.3 is 0 Å². The SMILES string of the molecule is Clc1ccccc1OCCCCCNc1ncnc2[nH]ncc12. The van der Waals surface area contributed by atoms with Crippen LogP contribution in [0.3, 0.4) is 0 Å². The lowest BCUT2D eigenvalue weighted by Crippen LogP contribution is -2.05. The molecule has 3 aromatic rings. The first kappa shape index (κ1) is 15.6. The lowest BCUT2D eigenvalue weighted by molar-refractivity contribution is 0.306. The monoisotopic (exact) mass is 331 g/mol. The molecule has 0 saturated carbocycles. The second-order valence-corrected chi connectivity index (χ2v) is 5.53. The van der Waals surface area contributed by atoms with E-state index in [1.165, 1.54) is 6.33 Å². The second-order valence-electron chi connectivity index (χ2n) is 5.12. The van der Waals surface area contributed by atoms with Gasteiger partial charge in [-0.2, -0.15) is 5.10 Å². The van der Waals surface area contributed by atoms with Crippen LogP contribution in [0.15, 0.2) is 36.8 Å². The van der Waals surface area contributed by atoms with Crippen LogP contribution in [0.1, 0.15) is 19.3 Å². The summed E-state index contributed by atoms with van der Waals surface area (Å²) < 4.78 is 5.66. The van der Waals surface area contributed by atoms with Gasteiger partial charge in [-0.25, -0.2) is 9.97 Å². The van der Waals surface area contributed by atoms with Crippen LogP contribution in [0.2, 0.25) is 5.02 Å². The number of hydrogen-bond acceptors (Lipinski definition) is 5. The van der Waals surface area contributed by atoms with E-state index in [1.807, 2.05) is 24.3 Å². The molecule has 0 atom stereocenters. The molecular formula is C16H18ClN5O. The van der Waals surface area contributed by atoms with Crippen LogP contribution in [0.25, 0.3) is 11.0 Å². The van der Waals surface area contributed by atoms with Gasteiger partial charge < -0.3 is 10.1 Å². The highest BCUT2D eigenvalue weighted by molar-refractivity contribution is 6.32. The molecule has 0 saturated heterocycles. The molecule has 6 nitrogen and oxygen atoms in total. The number of nitrogens with zero attached hydrogens (tertiary/aromatic N) is 3. The number of para-hydroxylation sites is 1. The van der Waals surface area contributed by atoms with Crippen LogP contribution >= 0.6 is 11.6 Å². The number of nitrogens with one attached hydrogen (secondary N) is 2. The van der Waals surface area contributed by atoms with Gasteiger partial charge in [-0.1, -0.05) is 23.7 Å². The largest absolute Gasteiger partial charge is 0.492 e. The number of fused-ring (bicyclic) bond motifs is 1. The molecule has 3 rings (SSSR count). The highest BCUT2D eigenvalue weighted by atomic mass is 35.5. The third-order valence-electron chi connectivity index (χ3n) is 3.46. The molecular weight excluding hydrogens is 314 g/mol. The van der Waals surface area contributed by atoms with Crippen LogP contribution in [0, 0.1) is 0 Å². The van der Waals surface area contributed by atoms with E-state index in [1.54, 1.807) is 6.20 Å². The number of aromatic nitrogens is 4. The Labute approximate surface area is 139 Å². The summed E-state index contributed by atoms with van der Waals surface area (Å²) in [5.41, 5.74) is 0.746. The summed E-state index contributed by atoms with van der Waals surface area (Å²) >= 11 is 6.04. The Kier molecular flexibility index (Phi) is 5.26. The van der Waals surface area contributed by atoms with Crippen LogP contribution in [0.5, 0.6) is 5.75 Å². The first-order valence-electron chi connectivity index (χ1n) is 7.60. The van der Waals surface area contributed by atoms with Gasteiger partial charge in [0, 0.05) is 6.54 Å². The van der Waals surface area contributed by atoms with Crippen molar-refractivity contribution in [1.82, 2.24) is 20.2 Å². The van der Waals surface area contributed by atoms with Gasteiger partial charge in [0.15, 0.2) is 5.65 Å². The summed E-state index contributed by atoms with van der Waals surface area (Å²) in [5.74, 6) is 1.56. The number of H-pyrrole nitrogens is 1. The molecule has 2 heterocycles. The number of halogens is 1. The number of unbranched alkanes of at least 4 members (excludes halogenated alkanes) is 2. The molecule has 0 spiro atoms. The fraction of sp³-hybridized carbons (Fsp3) is 0.312. The molecule has 0 radical (unpaired) electrons. The van der Waals surface area contributed by atoms with Gasteiger partial charge in [-0.05, 0) is 31.4 Å². The lowest BCUT2D eigenvalue weighted by Gasteiger charge is -2.08. The Morgan fingerprint density at radius 2 is 2.04 bits per heavy atom. The molecule has 120 valence electrons. The van der Waals surface area contributed by atoms with E-state index in [0.29, 0.717) is 11.6 Å². The Hall–Kier alpha value is -2.34. The third-order valence-corrected chi connectivity index (χ3v) is 3.77. The Morgan fingerprint density at radius 3 is 2.96 bits per heavy atom. The van der Waals surface area contributed by atoms with Crippen molar-refractivity contribution >= 4 is 28.5 Å². The van der Waals surface area contributed by atoms with Gasteiger partial charge in [0.2, 0.25) is 0 Å². The quantitative estimate of drug-likeness (QED) is 0.616. The smallest absolute Gasteiger partial charge is 0.160 e. The van der Waals surface area contributed by atoms with Gasteiger partial charge in [-0.15, -0.1) is 0 Å². The van der Waals surface area contributed by atoms with Crippen molar-refractivity contribution in [3.63, 3.8) is 0 Å². The molecule has 2 aromatic heterocycles. The lowest BCUT2D eigenvalue weighted by atomic mass is 10.2. The van der Waals surface area contributed by atoms with Crippen LogP contribution in [-0.2, 0) is 0 Å². The summed E-state index contributed by atoms with van der Waals surface area (Å²) in [6, 6.07) is 7.53. The normalized spacial score (nSPS) is 10.8. The minimum atomic E-state index is 0.655.